The lowest BCUT2D eigenvalue weighted by Crippen LogP contribution is -2.27. The predicted octanol–water partition coefficient (Wildman–Crippen LogP) is 3.48. The fraction of sp³-hybridized carbons (Fsp3) is 0.438. The van der Waals surface area contributed by atoms with Crippen molar-refractivity contribution < 1.29 is 0 Å². The molecule has 1 aromatic heterocycles. The number of rotatable bonds is 1. The van der Waals surface area contributed by atoms with Gasteiger partial charge in [0.05, 0.1) is 0 Å². The first kappa shape index (κ1) is 12.3. The van der Waals surface area contributed by atoms with Crippen molar-refractivity contribution in [1.82, 2.24) is 4.57 Å². The standard InChI is InChI=1S/C16H20N2O/c17-15-11-12-7-5-6-10-14(12)16(19)18(15)13-8-3-1-2-4-9-13/h5-7,10-11,13H,1-4,8-9,17H2. The van der Waals surface area contributed by atoms with Crippen molar-refractivity contribution in [3.05, 3.63) is 40.7 Å². The molecule has 1 aliphatic carbocycles. The first-order valence-corrected chi connectivity index (χ1v) is 7.17. The maximum Gasteiger partial charge on any atom is 0.260 e. The summed E-state index contributed by atoms with van der Waals surface area (Å²) in [7, 11) is 0. The molecular formula is C16H20N2O. The highest BCUT2D eigenvalue weighted by atomic mass is 16.1. The number of aromatic nitrogens is 1. The topological polar surface area (TPSA) is 48.0 Å². The van der Waals surface area contributed by atoms with Crippen LogP contribution in [0, 0.1) is 0 Å². The molecule has 3 heteroatoms. The summed E-state index contributed by atoms with van der Waals surface area (Å²) in [6.07, 6.45) is 7.09. The van der Waals surface area contributed by atoms with E-state index in [1.807, 2.05) is 34.9 Å². The van der Waals surface area contributed by atoms with E-state index in [-0.39, 0.29) is 11.6 Å². The van der Waals surface area contributed by atoms with Gasteiger partial charge in [0, 0.05) is 11.4 Å². The molecule has 1 aromatic carbocycles. The molecule has 1 heterocycles. The number of hydrogen-bond donors (Lipinski definition) is 1. The molecule has 19 heavy (non-hydrogen) atoms. The molecule has 1 saturated carbocycles. The van der Waals surface area contributed by atoms with E-state index in [4.69, 9.17) is 5.73 Å². The Labute approximate surface area is 113 Å². The molecule has 0 saturated heterocycles. The number of nitrogens with two attached hydrogens (primary N) is 1. The van der Waals surface area contributed by atoms with Gasteiger partial charge in [0.1, 0.15) is 5.82 Å². The molecule has 0 unspecified atom stereocenters. The van der Waals surface area contributed by atoms with E-state index < -0.39 is 0 Å². The van der Waals surface area contributed by atoms with Crippen LogP contribution in [0.1, 0.15) is 44.6 Å². The number of fused-ring (bicyclic) bond motifs is 1. The van der Waals surface area contributed by atoms with Crippen molar-refractivity contribution in [2.75, 3.05) is 5.73 Å². The second-order valence-corrected chi connectivity index (χ2v) is 5.48. The highest BCUT2D eigenvalue weighted by molar-refractivity contribution is 5.83. The smallest absolute Gasteiger partial charge is 0.260 e. The van der Waals surface area contributed by atoms with Gasteiger partial charge in [0.2, 0.25) is 0 Å². The summed E-state index contributed by atoms with van der Waals surface area (Å²) in [5.41, 5.74) is 6.20. The van der Waals surface area contributed by atoms with Gasteiger partial charge in [-0.15, -0.1) is 0 Å². The Morgan fingerprint density at radius 2 is 1.74 bits per heavy atom. The van der Waals surface area contributed by atoms with Crippen LogP contribution in [0.3, 0.4) is 0 Å². The van der Waals surface area contributed by atoms with Gasteiger partial charge < -0.3 is 5.73 Å². The van der Waals surface area contributed by atoms with Gasteiger partial charge in [-0.05, 0) is 30.4 Å². The Hall–Kier alpha value is -1.77. The highest BCUT2D eigenvalue weighted by Crippen LogP contribution is 2.28. The zero-order chi connectivity index (χ0) is 13.2. The summed E-state index contributed by atoms with van der Waals surface area (Å²) in [4.78, 5) is 12.6. The molecule has 1 fully saturated rings. The summed E-state index contributed by atoms with van der Waals surface area (Å²) >= 11 is 0. The van der Waals surface area contributed by atoms with Crippen LogP contribution in [0.5, 0.6) is 0 Å². The van der Waals surface area contributed by atoms with Gasteiger partial charge in [0.15, 0.2) is 0 Å². The molecule has 1 aliphatic rings. The second kappa shape index (κ2) is 5.08. The van der Waals surface area contributed by atoms with Crippen molar-refractivity contribution in [3.8, 4) is 0 Å². The Balaban J connectivity index is 2.14. The third-order valence-corrected chi connectivity index (χ3v) is 4.18. The van der Waals surface area contributed by atoms with Gasteiger partial charge >= 0.3 is 0 Å². The molecule has 3 rings (SSSR count). The van der Waals surface area contributed by atoms with Gasteiger partial charge in [-0.2, -0.15) is 0 Å². The van der Waals surface area contributed by atoms with Gasteiger partial charge in [-0.3, -0.25) is 9.36 Å². The molecule has 0 amide bonds. The average Bonchev–Trinajstić information content (AvgIpc) is 2.68. The lowest BCUT2D eigenvalue weighted by Gasteiger charge is -2.20. The van der Waals surface area contributed by atoms with Crippen LogP contribution < -0.4 is 11.3 Å². The fourth-order valence-corrected chi connectivity index (χ4v) is 3.19. The van der Waals surface area contributed by atoms with Crippen LogP contribution in [0.4, 0.5) is 5.82 Å². The van der Waals surface area contributed by atoms with Crippen molar-refractivity contribution in [2.24, 2.45) is 0 Å². The summed E-state index contributed by atoms with van der Waals surface area (Å²) in [6, 6.07) is 9.91. The SMILES string of the molecule is Nc1cc2ccccc2c(=O)n1C1CCCCCC1. The van der Waals surface area contributed by atoms with E-state index in [0.29, 0.717) is 5.82 Å². The Kier molecular flexibility index (Phi) is 3.28. The third kappa shape index (κ3) is 2.25. The number of benzene rings is 1. The zero-order valence-corrected chi connectivity index (χ0v) is 11.1. The number of nitrogens with zero attached hydrogens (tertiary/aromatic N) is 1. The van der Waals surface area contributed by atoms with Gasteiger partial charge in [-0.25, -0.2) is 0 Å². The lowest BCUT2D eigenvalue weighted by atomic mass is 10.1. The predicted molar refractivity (Wildman–Crippen MR) is 79.4 cm³/mol. The Morgan fingerprint density at radius 3 is 2.47 bits per heavy atom. The largest absolute Gasteiger partial charge is 0.385 e. The maximum absolute atomic E-state index is 12.6. The first-order chi connectivity index (χ1) is 9.27. The van der Waals surface area contributed by atoms with Crippen molar-refractivity contribution in [3.63, 3.8) is 0 Å². The summed E-state index contributed by atoms with van der Waals surface area (Å²) in [6.45, 7) is 0. The highest BCUT2D eigenvalue weighted by Gasteiger charge is 2.18. The van der Waals surface area contributed by atoms with Crippen LogP contribution in [-0.2, 0) is 0 Å². The van der Waals surface area contributed by atoms with E-state index in [0.717, 1.165) is 23.6 Å². The van der Waals surface area contributed by atoms with Crippen molar-refractivity contribution >= 4 is 16.6 Å². The average molecular weight is 256 g/mol. The zero-order valence-electron chi connectivity index (χ0n) is 11.1. The summed E-state index contributed by atoms with van der Waals surface area (Å²) in [5, 5.41) is 1.72. The third-order valence-electron chi connectivity index (χ3n) is 4.18. The number of hydrogen-bond acceptors (Lipinski definition) is 2. The quantitative estimate of drug-likeness (QED) is 0.794. The molecule has 0 spiro atoms. The van der Waals surface area contributed by atoms with Crippen LogP contribution in [-0.4, -0.2) is 4.57 Å². The van der Waals surface area contributed by atoms with Gasteiger partial charge in [0.25, 0.3) is 5.56 Å². The number of anilines is 1. The molecule has 2 aromatic rings. The van der Waals surface area contributed by atoms with Crippen LogP contribution in [0.15, 0.2) is 35.1 Å². The van der Waals surface area contributed by atoms with E-state index in [9.17, 15) is 4.79 Å². The van der Waals surface area contributed by atoms with Crippen molar-refractivity contribution in [2.45, 2.75) is 44.6 Å². The lowest BCUT2D eigenvalue weighted by molar-refractivity contribution is 0.440. The fourth-order valence-electron chi connectivity index (χ4n) is 3.19. The van der Waals surface area contributed by atoms with E-state index >= 15 is 0 Å². The van der Waals surface area contributed by atoms with E-state index in [2.05, 4.69) is 0 Å². The summed E-state index contributed by atoms with van der Waals surface area (Å²) in [5.74, 6) is 0.607. The molecular weight excluding hydrogens is 236 g/mol. The number of pyridine rings is 1. The van der Waals surface area contributed by atoms with Gasteiger partial charge in [-0.1, -0.05) is 43.9 Å². The maximum atomic E-state index is 12.6. The first-order valence-electron chi connectivity index (χ1n) is 7.17. The summed E-state index contributed by atoms with van der Waals surface area (Å²) < 4.78 is 1.83. The van der Waals surface area contributed by atoms with Crippen molar-refractivity contribution in [1.29, 1.82) is 0 Å². The molecule has 0 aliphatic heterocycles. The molecule has 0 radical (unpaired) electrons. The van der Waals surface area contributed by atoms with E-state index in [1.54, 1.807) is 0 Å². The Morgan fingerprint density at radius 1 is 1.05 bits per heavy atom. The minimum Gasteiger partial charge on any atom is -0.385 e. The molecule has 100 valence electrons. The molecule has 0 bridgehead atoms. The molecule has 0 atom stereocenters. The minimum atomic E-state index is 0.0718. The van der Waals surface area contributed by atoms with Crippen LogP contribution in [0.25, 0.3) is 10.8 Å². The Bertz CT molecular complexity index is 637. The minimum absolute atomic E-state index is 0.0718. The van der Waals surface area contributed by atoms with Crippen LogP contribution >= 0.6 is 0 Å². The molecule has 2 N–H and O–H groups in total. The second-order valence-electron chi connectivity index (χ2n) is 5.48. The van der Waals surface area contributed by atoms with E-state index in [1.165, 1.54) is 25.7 Å². The van der Waals surface area contributed by atoms with Crippen LogP contribution in [0.2, 0.25) is 0 Å². The number of nitrogen functional groups attached to an aromatic ring is 1. The molecule has 3 nitrogen and oxygen atoms in total. The normalized spacial score (nSPS) is 17.5. The monoisotopic (exact) mass is 256 g/mol.